The van der Waals surface area contributed by atoms with E-state index in [1.54, 1.807) is 0 Å². The molecule has 1 atom stereocenters. The normalized spacial score (nSPS) is 13.4. The Balaban J connectivity index is 4.38. The smallest absolute Gasteiger partial charge is 0.306 e. The van der Waals surface area contributed by atoms with E-state index in [4.69, 9.17) is 14.2 Å². The SMILES string of the molecule is CC/C=C\C/C=C\C/C=C\C/C=C\C/C=C\C/C=C\C/C=C\C/C=C\C/C=C\C/C=C\CCCCC(=O)OCC(COC(=O)CCCCCCCCCCCC)OC(=O)CCCC/C=C\C/C=C\C/C=C\C/C=C\CC. The van der Waals surface area contributed by atoms with Crippen molar-refractivity contribution in [1.82, 2.24) is 0 Å². The number of carbonyl (C=O) groups is 3. The van der Waals surface area contributed by atoms with Gasteiger partial charge in [0.1, 0.15) is 13.2 Å². The number of hydrogen-bond donors (Lipinski definition) is 0. The molecular weight excluding hydrogens is 937 g/mol. The fourth-order valence-corrected chi connectivity index (χ4v) is 7.52. The summed E-state index contributed by atoms with van der Waals surface area (Å²) in [4.78, 5) is 38.1. The van der Waals surface area contributed by atoms with Crippen LogP contribution in [0, 0.1) is 0 Å². The maximum absolute atomic E-state index is 12.8. The first-order chi connectivity index (χ1) is 37.5. The van der Waals surface area contributed by atoms with Crippen LogP contribution >= 0.6 is 0 Å². The number of carbonyl (C=O) groups excluding carboxylic acids is 3. The van der Waals surface area contributed by atoms with Gasteiger partial charge in [0.2, 0.25) is 0 Å². The number of hydrogen-bond acceptors (Lipinski definition) is 6. The molecule has 0 N–H and O–H groups in total. The van der Waals surface area contributed by atoms with Crippen molar-refractivity contribution in [2.75, 3.05) is 13.2 Å². The maximum Gasteiger partial charge on any atom is 0.306 e. The second kappa shape index (κ2) is 62.3. The third kappa shape index (κ3) is 59.6. The van der Waals surface area contributed by atoms with Crippen LogP contribution in [0.4, 0.5) is 0 Å². The van der Waals surface area contributed by atoms with Crippen molar-refractivity contribution in [2.24, 2.45) is 0 Å². The van der Waals surface area contributed by atoms with Crippen molar-refractivity contribution in [1.29, 1.82) is 0 Å². The van der Waals surface area contributed by atoms with Crippen molar-refractivity contribution >= 4 is 17.9 Å². The predicted molar refractivity (Wildman–Crippen MR) is 329 cm³/mol. The highest BCUT2D eigenvalue weighted by Crippen LogP contribution is 2.13. The molecule has 0 radical (unpaired) electrons. The average molecular weight is 1050 g/mol. The molecule has 0 saturated carbocycles. The summed E-state index contributed by atoms with van der Waals surface area (Å²) in [5.41, 5.74) is 0. The molecule has 0 bridgehead atoms. The first kappa shape index (κ1) is 70.8. The fraction of sp³-hybridized carbons (Fsp3) is 0.557. The Labute approximate surface area is 466 Å². The molecule has 0 aliphatic carbocycles. The van der Waals surface area contributed by atoms with Crippen LogP contribution < -0.4 is 0 Å². The van der Waals surface area contributed by atoms with Gasteiger partial charge < -0.3 is 14.2 Å². The van der Waals surface area contributed by atoms with Crippen LogP contribution in [-0.4, -0.2) is 37.2 Å². The minimum absolute atomic E-state index is 0.114. The molecule has 0 rings (SSSR count). The van der Waals surface area contributed by atoms with Crippen molar-refractivity contribution in [3.8, 4) is 0 Å². The summed E-state index contributed by atoms with van der Waals surface area (Å²) in [7, 11) is 0. The molecule has 0 amide bonds. The largest absolute Gasteiger partial charge is 0.462 e. The summed E-state index contributed by atoms with van der Waals surface area (Å²) in [6.45, 7) is 6.30. The molecule has 0 spiro atoms. The Kier molecular flexibility index (Phi) is 58.0. The lowest BCUT2D eigenvalue weighted by Gasteiger charge is -2.18. The predicted octanol–water partition coefficient (Wildman–Crippen LogP) is 20.7. The summed E-state index contributed by atoms with van der Waals surface area (Å²) in [5.74, 6) is -1.01. The molecule has 6 nitrogen and oxygen atoms in total. The minimum Gasteiger partial charge on any atom is -0.462 e. The Morgan fingerprint density at radius 3 is 0.803 bits per heavy atom. The molecule has 6 heteroatoms. The summed E-state index contributed by atoms with van der Waals surface area (Å²) in [5, 5.41) is 0. The Hall–Kier alpha value is -5.23. The lowest BCUT2D eigenvalue weighted by molar-refractivity contribution is -0.167. The molecule has 1 unspecified atom stereocenters. The molecule has 0 saturated heterocycles. The van der Waals surface area contributed by atoms with Gasteiger partial charge in [-0.2, -0.15) is 0 Å². The second-order valence-corrected chi connectivity index (χ2v) is 19.1. The third-order valence-electron chi connectivity index (χ3n) is 12.0. The molecular formula is C70H108O6. The van der Waals surface area contributed by atoms with E-state index in [2.05, 4.69) is 191 Å². The zero-order chi connectivity index (χ0) is 55.0. The van der Waals surface area contributed by atoms with E-state index in [9.17, 15) is 14.4 Å². The van der Waals surface area contributed by atoms with Gasteiger partial charge in [-0.3, -0.25) is 14.4 Å². The van der Waals surface area contributed by atoms with E-state index in [1.165, 1.54) is 44.9 Å². The van der Waals surface area contributed by atoms with Crippen LogP contribution in [0.5, 0.6) is 0 Å². The number of rotatable bonds is 52. The highest BCUT2D eigenvalue weighted by molar-refractivity contribution is 5.71. The van der Waals surface area contributed by atoms with Gasteiger partial charge in [-0.1, -0.05) is 249 Å². The van der Waals surface area contributed by atoms with Gasteiger partial charge >= 0.3 is 17.9 Å². The zero-order valence-electron chi connectivity index (χ0n) is 48.4. The Bertz CT molecular complexity index is 1770. The molecule has 0 aliphatic rings. The van der Waals surface area contributed by atoms with E-state index >= 15 is 0 Å². The van der Waals surface area contributed by atoms with Crippen LogP contribution in [0.25, 0.3) is 0 Å². The fourth-order valence-electron chi connectivity index (χ4n) is 7.52. The maximum atomic E-state index is 12.8. The van der Waals surface area contributed by atoms with Crippen LogP contribution in [-0.2, 0) is 28.6 Å². The number of unbranched alkanes of at least 4 members (excludes halogenated alkanes) is 13. The number of allylic oxidation sites excluding steroid dienone is 28. The Morgan fingerprint density at radius 1 is 0.276 bits per heavy atom. The molecule has 0 aromatic carbocycles. The van der Waals surface area contributed by atoms with Crippen LogP contribution in [0.2, 0.25) is 0 Å². The molecule has 0 heterocycles. The standard InChI is InChI=1S/C70H108O6/c1-4-7-10-13-16-19-22-24-26-27-28-29-30-31-32-33-34-35-36-37-38-39-40-41-42-43-45-46-48-51-54-57-60-63-69(72)75-66-67(65-74-68(71)62-59-56-53-50-21-18-15-12-9-6-3)76-70(73)64-61-58-55-52-49-47-44-25-23-20-17-14-11-8-5-2/h7-8,10-11,16-17,19-20,24-26,28-29,31-32,34-35,37-38,40-41,43-45,48-49,51-52,67H,4-6,9,12-15,18,21-23,27,30,33,36,39,42,46-47,50,53-66H2,1-3H3/b10-7-,11-8-,19-16-,20-17-,26-24-,29-28-,32-31-,35-34-,38-37-,41-40-,44-25-,45-43-,51-48-,52-49-. The zero-order valence-corrected chi connectivity index (χ0v) is 48.4. The third-order valence-corrected chi connectivity index (χ3v) is 12.0. The van der Waals surface area contributed by atoms with Crippen molar-refractivity contribution in [3.63, 3.8) is 0 Å². The first-order valence-corrected chi connectivity index (χ1v) is 30.1. The van der Waals surface area contributed by atoms with Gasteiger partial charge in [0.15, 0.2) is 6.10 Å². The lowest BCUT2D eigenvalue weighted by Crippen LogP contribution is -2.30. The van der Waals surface area contributed by atoms with Gasteiger partial charge in [-0.15, -0.1) is 0 Å². The molecule has 0 fully saturated rings. The summed E-state index contributed by atoms with van der Waals surface area (Å²) >= 11 is 0. The summed E-state index contributed by atoms with van der Waals surface area (Å²) in [6.07, 6.45) is 92.2. The van der Waals surface area contributed by atoms with Crippen LogP contribution in [0.15, 0.2) is 170 Å². The minimum atomic E-state index is -0.824. The molecule has 76 heavy (non-hydrogen) atoms. The summed E-state index contributed by atoms with van der Waals surface area (Å²) in [6, 6.07) is 0. The van der Waals surface area contributed by atoms with E-state index in [0.717, 1.165) is 135 Å². The van der Waals surface area contributed by atoms with Gasteiger partial charge in [0.25, 0.3) is 0 Å². The molecule has 0 aromatic rings. The van der Waals surface area contributed by atoms with Crippen molar-refractivity contribution < 1.29 is 28.6 Å². The van der Waals surface area contributed by atoms with Crippen molar-refractivity contribution in [2.45, 2.75) is 239 Å². The Morgan fingerprint density at radius 2 is 0.513 bits per heavy atom. The van der Waals surface area contributed by atoms with E-state index in [0.29, 0.717) is 19.3 Å². The molecule has 0 aliphatic heterocycles. The highest BCUT2D eigenvalue weighted by atomic mass is 16.6. The molecule has 0 aromatic heterocycles. The quantitative estimate of drug-likeness (QED) is 0.0261. The highest BCUT2D eigenvalue weighted by Gasteiger charge is 2.19. The first-order valence-electron chi connectivity index (χ1n) is 30.1. The van der Waals surface area contributed by atoms with Gasteiger partial charge in [0.05, 0.1) is 0 Å². The van der Waals surface area contributed by atoms with Gasteiger partial charge in [-0.05, 0) is 135 Å². The number of esters is 3. The lowest BCUT2D eigenvalue weighted by atomic mass is 10.1. The number of ether oxygens (including phenoxy) is 3. The topological polar surface area (TPSA) is 78.9 Å². The second-order valence-electron chi connectivity index (χ2n) is 19.1. The van der Waals surface area contributed by atoms with Gasteiger partial charge in [-0.25, -0.2) is 0 Å². The monoisotopic (exact) mass is 1040 g/mol. The van der Waals surface area contributed by atoms with Crippen LogP contribution in [0.3, 0.4) is 0 Å². The summed E-state index contributed by atoms with van der Waals surface area (Å²) < 4.78 is 16.7. The van der Waals surface area contributed by atoms with Gasteiger partial charge in [0, 0.05) is 19.3 Å². The molecule has 424 valence electrons. The van der Waals surface area contributed by atoms with E-state index in [-0.39, 0.29) is 44.0 Å². The van der Waals surface area contributed by atoms with E-state index < -0.39 is 6.10 Å². The van der Waals surface area contributed by atoms with E-state index in [1.807, 2.05) is 0 Å². The van der Waals surface area contributed by atoms with Crippen molar-refractivity contribution in [3.05, 3.63) is 170 Å². The van der Waals surface area contributed by atoms with Crippen LogP contribution in [0.1, 0.15) is 233 Å². The average Bonchev–Trinajstić information content (AvgIpc) is 3.42.